The van der Waals surface area contributed by atoms with Crippen molar-refractivity contribution in [2.75, 3.05) is 0 Å². The van der Waals surface area contributed by atoms with Gasteiger partial charge in [0.2, 0.25) is 0 Å². The van der Waals surface area contributed by atoms with Gasteiger partial charge in [0.05, 0.1) is 11.7 Å². The molecular weight excluding hydrogens is 392 g/mol. The van der Waals surface area contributed by atoms with Gasteiger partial charge >= 0.3 is 5.63 Å². The number of Topliss-reactive ketones (excluding diaryl/α,β-unsaturated/α-hetero) is 1. The Hall–Kier alpha value is -2.14. The number of carbonyl (C=O) groups is 1. The predicted octanol–water partition coefficient (Wildman–Crippen LogP) is 4.68. The summed E-state index contributed by atoms with van der Waals surface area (Å²) in [5, 5.41) is 11.3. The molecule has 0 amide bonds. The zero-order chi connectivity index (χ0) is 22.8. The predicted molar refractivity (Wildman–Crippen MR) is 119 cm³/mol. The zero-order valence-corrected chi connectivity index (χ0v) is 19.5. The minimum Gasteiger partial charge on any atom is -0.481 e. The van der Waals surface area contributed by atoms with E-state index < -0.39 is 22.5 Å². The fourth-order valence-corrected chi connectivity index (χ4v) is 6.66. The number of carbonyl (C=O) groups excluding carboxylic acids is 1. The van der Waals surface area contributed by atoms with Crippen LogP contribution in [0.5, 0.6) is 5.75 Å². The van der Waals surface area contributed by atoms with Gasteiger partial charge in [-0.2, -0.15) is 0 Å². The van der Waals surface area contributed by atoms with Crippen LogP contribution in [0.25, 0.3) is 0 Å². The molecule has 2 aliphatic carbocycles. The average molecular weight is 427 g/mol. The molecule has 4 rings (SSSR count). The van der Waals surface area contributed by atoms with E-state index >= 15 is 0 Å². The lowest BCUT2D eigenvalue weighted by Gasteiger charge is -2.61. The van der Waals surface area contributed by atoms with Crippen LogP contribution in [0, 0.1) is 23.7 Å². The van der Waals surface area contributed by atoms with Crippen LogP contribution in [0.1, 0.15) is 71.6 Å². The van der Waals surface area contributed by atoms with Crippen molar-refractivity contribution < 1.29 is 19.1 Å². The highest BCUT2D eigenvalue weighted by Crippen LogP contribution is 2.64. The monoisotopic (exact) mass is 426 g/mol. The lowest BCUT2D eigenvalue weighted by Crippen LogP contribution is -2.67. The molecule has 5 atom stereocenters. The SMILES string of the molecule is CC(C)=CCCC1(C)C(=O)CCC2(C)C1C(O)C=C(C)C21Cc2c(cc(C)oc2=O)O1. The largest absolute Gasteiger partial charge is 0.481 e. The first-order chi connectivity index (χ1) is 14.4. The van der Waals surface area contributed by atoms with Crippen molar-refractivity contribution in [1.29, 1.82) is 0 Å². The number of aryl methyl sites for hydroxylation is 1. The van der Waals surface area contributed by atoms with Gasteiger partial charge in [0.25, 0.3) is 0 Å². The third kappa shape index (κ3) is 3.07. The Bertz CT molecular complexity index is 1040. The van der Waals surface area contributed by atoms with E-state index in [4.69, 9.17) is 9.15 Å². The summed E-state index contributed by atoms with van der Waals surface area (Å²) in [6, 6.07) is 1.78. The number of ketones is 1. The molecule has 0 aromatic carbocycles. The van der Waals surface area contributed by atoms with E-state index in [9.17, 15) is 14.7 Å². The van der Waals surface area contributed by atoms with Crippen LogP contribution in [-0.4, -0.2) is 22.6 Å². The second-order valence-corrected chi connectivity index (χ2v) is 10.5. The summed E-state index contributed by atoms with van der Waals surface area (Å²) in [5.41, 5.74) is 0.414. The Morgan fingerprint density at radius 1 is 1.26 bits per heavy atom. The van der Waals surface area contributed by atoms with Crippen molar-refractivity contribution in [3.05, 3.63) is 51.1 Å². The summed E-state index contributed by atoms with van der Waals surface area (Å²) < 4.78 is 12.0. The number of hydrogen-bond donors (Lipinski definition) is 1. The smallest absolute Gasteiger partial charge is 0.343 e. The molecule has 0 saturated heterocycles. The minimum absolute atomic E-state index is 0.213. The molecule has 5 nitrogen and oxygen atoms in total. The maximum Gasteiger partial charge on any atom is 0.343 e. The number of aliphatic hydroxyl groups is 1. The Morgan fingerprint density at radius 3 is 2.65 bits per heavy atom. The van der Waals surface area contributed by atoms with Crippen LogP contribution in [0.15, 0.2) is 38.6 Å². The normalized spacial score (nSPS) is 36.5. The highest BCUT2D eigenvalue weighted by molar-refractivity contribution is 5.86. The van der Waals surface area contributed by atoms with Crippen molar-refractivity contribution in [2.45, 2.75) is 85.4 Å². The van der Waals surface area contributed by atoms with E-state index in [-0.39, 0.29) is 17.3 Å². The number of rotatable bonds is 3. The average Bonchev–Trinajstić information content (AvgIpc) is 3.05. The van der Waals surface area contributed by atoms with Gasteiger partial charge in [-0.15, -0.1) is 0 Å². The number of aliphatic hydroxyl groups excluding tert-OH is 1. The van der Waals surface area contributed by atoms with Crippen molar-refractivity contribution in [1.82, 2.24) is 0 Å². The lowest BCUT2D eigenvalue weighted by atomic mass is 9.44. The van der Waals surface area contributed by atoms with Crippen molar-refractivity contribution >= 4 is 5.78 Å². The van der Waals surface area contributed by atoms with Gasteiger partial charge in [-0.1, -0.05) is 31.6 Å². The molecule has 5 unspecified atom stereocenters. The van der Waals surface area contributed by atoms with Crippen LogP contribution >= 0.6 is 0 Å². The highest BCUT2D eigenvalue weighted by Gasteiger charge is 2.68. The summed E-state index contributed by atoms with van der Waals surface area (Å²) in [5.74, 6) is 1.01. The molecule has 31 heavy (non-hydrogen) atoms. The molecule has 2 heterocycles. The summed E-state index contributed by atoms with van der Waals surface area (Å²) in [4.78, 5) is 25.9. The lowest BCUT2D eigenvalue weighted by molar-refractivity contribution is -0.174. The Balaban J connectivity index is 1.83. The van der Waals surface area contributed by atoms with E-state index in [1.807, 2.05) is 19.9 Å². The number of allylic oxidation sites excluding steroid dienone is 2. The Morgan fingerprint density at radius 2 is 1.97 bits per heavy atom. The van der Waals surface area contributed by atoms with E-state index in [0.29, 0.717) is 42.8 Å². The molecular formula is C26H34O5. The fraction of sp³-hybridized carbons (Fsp3) is 0.615. The molecule has 168 valence electrons. The number of hydrogen-bond acceptors (Lipinski definition) is 5. The molecule has 1 aromatic heterocycles. The first-order valence-electron chi connectivity index (χ1n) is 11.3. The molecule has 0 radical (unpaired) electrons. The molecule has 1 aromatic rings. The third-order valence-corrected chi connectivity index (χ3v) is 8.26. The Kier molecular flexibility index (Phi) is 5.12. The van der Waals surface area contributed by atoms with Gasteiger partial charge in [0.15, 0.2) is 0 Å². The molecule has 1 saturated carbocycles. The summed E-state index contributed by atoms with van der Waals surface area (Å²) in [6.45, 7) is 12.0. The highest BCUT2D eigenvalue weighted by atomic mass is 16.5. The van der Waals surface area contributed by atoms with Crippen molar-refractivity contribution in [3.63, 3.8) is 0 Å². The van der Waals surface area contributed by atoms with Crippen LogP contribution in [-0.2, 0) is 11.2 Å². The van der Waals surface area contributed by atoms with Gasteiger partial charge in [-0.3, -0.25) is 4.79 Å². The summed E-state index contributed by atoms with van der Waals surface area (Å²) >= 11 is 0. The summed E-state index contributed by atoms with van der Waals surface area (Å²) in [7, 11) is 0. The fourth-order valence-electron chi connectivity index (χ4n) is 6.66. The first kappa shape index (κ1) is 22.1. The quantitative estimate of drug-likeness (QED) is 0.710. The molecule has 1 N–H and O–H groups in total. The Labute approximate surface area is 184 Å². The van der Waals surface area contributed by atoms with Crippen LogP contribution in [0.4, 0.5) is 0 Å². The second kappa shape index (κ2) is 7.19. The van der Waals surface area contributed by atoms with Crippen molar-refractivity contribution in [3.8, 4) is 5.75 Å². The molecule has 0 bridgehead atoms. The van der Waals surface area contributed by atoms with E-state index in [2.05, 4.69) is 26.8 Å². The molecule has 5 heteroatoms. The van der Waals surface area contributed by atoms with E-state index in [1.54, 1.807) is 13.0 Å². The molecule has 1 fully saturated rings. The topological polar surface area (TPSA) is 76.7 Å². The number of ether oxygens (including phenoxy) is 1. The maximum atomic E-state index is 13.3. The third-order valence-electron chi connectivity index (χ3n) is 8.26. The van der Waals surface area contributed by atoms with E-state index in [0.717, 1.165) is 12.0 Å². The summed E-state index contributed by atoms with van der Waals surface area (Å²) in [6.07, 6.45) is 6.24. The van der Waals surface area contributed by atoms with Crippen LogP contribution in [0.2, 0.25) is 0 Å². The maximum absolute atomic E-state index is 13.3. The molecule has 1 aliphatic heterocycles. The molecule has 3 aliphatic rings. The second-order valence-electron chi connectivity index (χ2n) is 10.5. The minimum atomic E-state index is -0.764. The van der Waals surface area contributed by atoms with Gasteiger partial charge in [-0.25, -0.2) is 4.79 Å². The van der Waals surface area contributed by atoms with Crippen LogP contribution < -0.4 is 10.4 Å². The van der Waals surface area contributed by atoms with Gasteiger partial charge in [0, 0.05) is 35.7 Å². The van der Waals surface area contributed by atoms with Gasteiger partial charge in [-0.05, 0) is 52.5 Å². The van der Waals surface area contributed by atoms with Gasteiger partial charge < -0.3 is 14.3 Å². The van der Waals surface area contributed by atoms with Crippen molar-refractivity contribution in [2.24, 2.45) is 16.7 Å². The van der Waals surface area contributed by atoms with Gasteiger partial charge in [0.1, 0.15) is 22.9 Å². The van der Waals surface area contributed by atoms with Crippen LogP contribution in [0.3, 0.4) is 0 Å². The van der Waals surface area contributed by atoms with E-state index in [1.165, 1.54) is 5.57 Å². The first-order valence-corrected chi connectivity index (χ1v) is 11.3. The number of fused-ring (bicyclic) bond motifs is 3. The standard InChI is InChI=1S/C26H34O5/c1-15(2)8-7-10-24(5)21(28)9-11-25(6)22(24)19(27)12-16(3)26(25)14-18-20(31-26)13-17(4)30-23(18)29/h8,12-13,19,22,27H,7,9-11,14H2,1-6H3. The molecule has 1 spiro atoms. The zero-order valence-electron chi connectivity index (χ0n) is 19.5.